The number of nitrogens with one attached hydrogen (secondary N) is 1. The maximum atomic E-state index is 10.7. The highest BCUT2D eigenvalue weighted by molar-refractivity contribution is 5.73. The lowest BCUT2D eigenvalue weighted by Gasteiger charge is -2.11. The fourth-order valence-electron chi connectivity index (χ4n) is 3.44. The Morgan fingerprint density at radius 1 is 1.15 bits per heavy atom. The molecular formula is C21H30N4O2+2. The molecule has 2 aromatic carbocycles. The molecular weight excluding hydrogens is 340 g/mol. The second kappa shape index (κ2) is 8.41. The molecule has 4 N–H and O–H groups in total. The number of hydrogen-bond donors (Lipinski definition) is 3. The third-order valence-electron chi connectivity index (χ3n) is 4.93. The molecule has 0 saturated heterocycles. The van der Waals surface area contributed by atoms with Crippen molar-refractivity contribution >= 4 is 17.0 Å². The van der Waals surface area contributed by atoms with Crippen molar-refractivity contribution in [2.45, 2.75) is 25.6 Å². The maximum absolute atomic E-state index is 10.7. The van der Waals surface area contributed by atoms with E-state index in [4.69, 9.17) is 10.5 Å². The van der Waals surface area contributed by atoms with E-state index in [2.05, 4.69) is 30.8 Å². The minimum atomic E-state index is -0.645. The van der Waals surface area contributed by atoms with Crippen LogP contribution < -0.4 is 19.9 Å². The number of benzene rings is 2. The minimum Gasteiger partial charge on any atom is -0.497 e. The first-order chi connectivity index (χ1) is 13.0. The lowest BCUT2D eigenvalue weighted by atomic mass is 10.1. The van der Waals surface area contributed by atoms with Crippen LogP contribution >= 0.6 is 0 Å². The number of nitrogen functional groups attached to an aromatic ring is 1. The van der Waals surface area contributed by atoms with Gasteiger partial charge in [-0.05, 0) is 29.8 Å². The van der Waals surface area contributed by atoms with E-state index in [-0.39, 0.29) is 0 Å². The molecule has 0 amide bonds. The molecule has 0 unspecified atom stereocenters. The first kappa shape index (κ1) is 19.2. The number of quaternary nitrogens is 1. The zero-order chi connectivity index (χ0) is 19.4. The monoisotopic (exact) mass is 370 g/mol. The van der Waals surface area contributed by atoms with Crippen LogP contribution in [0.15, 0.2) is 48.5 Å². The van der Waals surface area contributed by atoms with Gasteiger partial charge in [0.15, 0.2) is 0 Å². The van der Waals surface area contributed by atoms with Gasteiger partial charge in [0.2, 0.25) is 0 Å². The van der Waals surface area contributed by atoms with Crippen molar-refractivity contribution in [3.8, 4) is 5.75 Å². The predicted molar refractivity (Wildman–Crippen MR) is 107 cm³/mol. The van der Waals surface area contributed by atoms with Gasteiger partial charge in [-0.3, -0.25) is 5.73 Å². The van der Waals surface area contributed by atoms with Gasteiger partial charge in [-0.1, -0.05) is 24.3 Å². The van der Waals surface area contributed by atoms with Crippen LogP contribution in [0.4, 0.5) is 5.95 Å². The van der Waals surface area contributed by atoms with E-state index in [0.717, 1.165) is 41.9 Å². The van der Waals surface area contributed by atoms with Crippen molar-refractivity contribution < 1.29 is 19.3 Å². The van der Waals surface area contributed by atoms with E-state index >= 15 is 0 Å². The van der Waals surface area contributed by atoms with Crippen LogP contribution in [0.25, 0.3) is 11.0 Å². The topological polar surface area (TPSA) is 68.7 Å². The molecule has 1 aromatic heterocycles. The Labute approximate surface area is 160 Å². The molecule has 0 bridgehead atoms. The summed E-state index contributed by atoms with van der Waals surface area (Å²) in [5, 5.41) is 10.7. The molecule has 1 atom stereocenters. The molecule has 0 radical (unpaired) electrons. The summed E-state index contributed by atoms with van der Waals surface area (Å²) >= 11 is 0. The van der Waals surface area contributed by atoms with Gasteiger partial charge in [-0.25, -0.2) is 9.13 Å². The van der Waals surface area contributed by atoms with Crippen LogP contribution in [-0.2, 0) is 13.1 Å². The minimum absolute atomic E-state index is 0.407. The molecule has 0 aliphatic carbocycles. The second-order valence-electron chi connectivity index (χ2n) is 7.21. The second-order valence-corrected chi connectivity index (χ2v) is 7.21. The third kappa shape index (κ3) is 4.23. The number of ether oxygens (including phenoxy) is 1. The summed E-state index contributed by atoms with van der Waals surface area (Å²) in [5.41, 5.74) is 9.48. The number of methoxy groups -OCH3 is 1. The van der Waals surface area contributed by atoms with Gasteiger partial charge in [-0.15, -0.1) is 0 Å². The number of nitrogens with two attached hydrogens (primary N) is 1. The van der Waals surface area contributed by atoms with E-state index in [1.807, 2.05) is 41.0 Å². The molecule has 6 heteroatoms. The largest absolute Gasteiger partial charge is 0.497 e. The zero-order valence-electron chi connectivity index (χ0n) is 16.4. The molecule has 0 fully saturated rings. The fourth-order valence-corrected chi connectivity index (χ4v) is 3.44. The van der Waals surface area contributed by atoms with Crippen molar-refractivity contribution in [3.63, 3.8) is 0 Å². The molecule has 0 saturated carbocycles. The lowest BCUT2D eigenvalue weighted by molar-refractivity contribution is -0.858. The number of aryl methyl sites for hydroxylation is 1. The highest BCUT2D eigenvalue weighted by Crippen LogP contribution is 2.21. The predicted octanol–water partition coefficient (Wildman–Crippen LogP) is 0.788. The quantitative estimate of drug-likeness (QED) is 0.514. The number of aliphatic hydroxyl groups is 1. The van der Waals surface area contributed by atoms with Crippen LogP contribution in [-0.4, -0.2) is 37.4 Å². The number of imidazole rings is 1. The summed E-state index contributed by atoms with van der Waals surface area (Å²) in [6.45, 7) is 2.36. The van der Waals surface area contributed by atoms with Gasteiger partial charge in [-0.2, -0.15) is 0 Å². The molecule has 27 heavy (non-hydrogen) atoms. The van der Waals surface area contributed by atoms with Crippen molar-refractivity contribution in [1.82, 2.24) is 4.57 Å². The maximum Gasteiger partial charge on any atom is 0.356 e. The number of para-hydroxylation sites is 2. The van der Waals surface area contributed by atoms with Crippen LogP contribution in [0.3, 0.4) is 0 Å². The van der Waals surface area contributed by atoms with E-state index < -0.39 is 6.10 Å². The number of nitrogens with zero attached hydrogens (tertiary/aromatic N) is 2. The summed E-state index contributed by atoms with van der Waals surface area (Å²) in [6, 6.07) is 15.7. The molecule has 6 nitrogen and oxygen atoms in total. The first-order valence-electron chi connectivity index (χ1n) is 9.39. The summed E-state index contributed by atoms with van der Waals surface area (Å²) in [6.07, 6.45) is 0.403. The highest BCUT2D eigenvalue weighted by Gasteiger charge is 2.23. The van der Waals surface area contributed by atoms with E-state index in [1.165, 1.54) is 4.90 Å². The molecule has 0 aliphatic heterocycles. The summed E-state index contributed by atoms with van der Waals surface area (Å²) in [7, 11) is 5.94. The van der Waals surface area contributed by atoms with Crippen molar-refractivity contribution in [1.29, 1.82) is 0 Å². The van der Waals surface area contributed by atoms with Gasteiger partial charge < -0.3 is 14.7 Å². The standard InChI is InChI=1S/C21H28N4O2/c1-23(2)13-6-14-24-18-7-4-5-8-19(18)25(21(24)22)15-20(26)16-9-11-17(27-3)12-10-16/h4-5,7-12,20,22,26H,6,13-15H2,1-3H3/p+2/t20-/m1/s1. The number of rotatable bonds is 8. The Bertz CT molecular complexity index is 887. The van der Waals surface area contributed by atoms with Gasteiger partial charge in [0.05, 0.1) is 34.3 Å². The van der Waals surface area contributed by atoms with Gasteiger partial charge in [0.1, 0.15) is 29.4 Å². The lowest BCUT2D eigenvalue weighted by Crippen LogP contribution is -3.05. The Kier molecular flexibility index (Phi) is 5.98. The number of aliphatic hydroxyl groups excluding tert-OH is 1. The number of anilines is 1. The van der Waals surface area contributed by atoms with Crippen LogP contribution in [0.1, 0.15) is 18.1 Å². The average Bonchev–Trinajstić information content (AvgIpc) is 2.93. The molecule has 3 rings (SSSR count). The van der Waals surface area contributed by atoms with E-state index in [1.54, 1.807) is 7.11 Å². The third-order valence-corrected chi connectivity index (χ3v) is 4.93. The number of hydrogen-bond acceptors (Lipinski definition) is 3. The van der Waals surface area contributed by atoms with Crippen LogP contribution in [0, 0.1) is 0 Å². The first-order valence-corrected chi connectivity index (χ1v) is 9.39. The molecule has 1 heterocycles. The fraction of sp³-hybridized carbons (Fsp3) is 0.381. The summed E-state index contributed by atoms with van der Waals surface area (Å²) < 4.78 is 9.35. The summed E-state index contributed by atoms with van der Waals surface area (Å²) in [4.78, 5) is 1.42. The molecule has 144 valence electrons. The Hall–Kier alpha value is -2.57. The summed E-state index contributed by atoms with van der Waals surface area (Å²) in [5.74, 6) is 1.45. The number of fused-ring (bicyclic) bond motifs is 1. The van der Waals surface area contributed by atoms with Crippen molar-refractivity contribution in [2.24, 2.45) is 0 Å². The van der Waals surface area contributed by atoms with E-state index in [9.17, 15) is 5.11 Å². The Balaban J connectivity index is 1.87. The molecule has 0 aliphatic rings. The van der Waals surface area contributed by atoms with Crippen molar-refractivity contribution in [3.05, 3.63) is 54.1 Å². The van der Waals surface area contributed by atoms with Crippen LogP contribution in [0.5, 0.6) is 5.75 Å². The smallest absolute Gasteiger partial charge is 0.356 e. The SMILES string of the molecule is COc1ccc([C@H](O)C[n+]2c(N)n(CCC[NH+](C)C)c3ccccc32)cc1. The Morgan fingerprint density at radius 2 is 1.85 bits per heavy atom. The molecule has 0 spiro atoms. The molecule has 3 aromatic rings. The normalized spacial score (nSPS) is 12.6. The zero-order valence-corrected chi connectivity index (χ0v) is 16.4. The van der Waals surface area contributed by atoms with Crippen LogP contribution in [0.2, 0.25) is 0 Å². The highest BCUT2D eigenvalue weighted by atomic mass is 16.5. The average molecular weight is 370 g/mol. The Morgan fingerprint density at radius 3 is 2.52 bits per heavy atom. The van der Waals surface area contributed by atoms with Gasteiger partial charge >= 0.3 is 5.95 Å². The van der Waals surface area contributed by atoms with Gasteiger partial charge in [0.25, 0.3) is 0 Å². The van der Waals surface area contributed by atoms with E-state index in [0.29, 0.717) is 12.5 Å². The number of aromatic nitrogens is 2. The van der Waals surface area contributed by atoms with Gasteiger partial charge in [0, 0.05) is 6.42 Å². The van der Waals surface area contributed by atoms with Crippen molar-refractivity contribution in [2.75, 3.05) is 33.5 Å².